The number of ether oxygens (including phenoxy) is 1. The average Bonchev–Trinajstić information content (AvgIpc) is 3.40. The van der Waals surface area contributed by atoms with E-state index in [9.17, 15) is 8.42 Å². The fourth-order valence-electron chi connectivity index (χ4n) is 5.29. The van der Waals surface area contributed by atoms with E-state index in [4.69, 9.17) is 17.0 Å². The first-order valence-corrected chi connectivity index (χ1v) is 14.8. The van der Waals surface area contributed by atoms with Gasteiger partial charge < -0.3 is 19.5 Å². The van der Waals surface area contributed by atoms with Crippen LogP contribution in [-0.4, -0.2) is 36.4 Å². The molecule has 0 unspecified atom stereocenters. The van der Waals surface area contributed by atoms with E-state index in [0.717, 1.165) is 51.6 Å². The molecule has 8 nitrogen and oxygen atoms in total. The van der Waals surface area contributed by atoms with Crippen LogP contribution >= 0.6 is 12.2 Å². The van der Waals surface area contributed by atoms with Crippen molar-refractivity contribution >= 4 is 38.7 Å². The van der Waals surface area contributed by atoms with E-state index in [1.807, 2.05) is 55.5 Å². The quantitative estimate of drug-likeness (QED) is 0.294. The Morgan fingerprint density at radius 3 is 2.46 bits per heavy atom. The van der Waals surface area contributed by atoms with Crippen LogP contribution in [0.4, 0.5) is 11.4 Å². The molecule has 2 atom stereocenters. The van der Waals surface area contributed by atoms with E-state index < -0.39 is 10.0 Å². The van der Waals surface area contributed by atoms with Crippen LogP contribution in [0.2, 0.25) is 0 Å². The van der Waals surface area contributed by atoms with Gasteiger partial charge in [-0.1, -0.05) is 12.1 Å². The number of hydrogen-bond acceptors (Lipinski definition) is 5. The molecule has 1 saturated heterocycles. The van der Waals surface area contributed by atoms with E-state index in [1.54, 1.807) is 19.4 Å². The molecule has 0 bridgehead atoms. The lowest BCUT2D eigenvalue weighted by atomic mass is 9.96. The molecule has 0 saturated carbocycles. The maximum absolute atomic E-state index is 11.8. The van der Waals surface area contributed by atoms with E-state index in [0.29, 0.717) is 10.8 Å². The number of anilines is 2. The molecule has 3 heterocycles. The topological polar surface area (TPSA) is 88.5 Å². The Hall–Kier alpha value is -3.89. The van der Waals surface area contributed by atoms with Gasteiger partial charge in [0.1, 0.15) is 5.75 Å². The molecular weight excluding hydrogens is 530 g/mol. The Morgan fingerprint density at radius 2 is 1.79 bits per heavy atom. The number of benzene rings is 2. The monoisotopic (exact) mass is 561 g/mol. The standard InChI is InChI=1S/C29H31N5O3S2/c1-18-15-22(12-13-25(18)32-39(5,35)36)34-28(27(31-29(34)38)26-11-6-7-14-30-26)24-16-19(2)33(20(24)3)21-9-8-10-23(17-21)37-4/h6-17,27-28,32H,1-5H3,(H,31,38)/t27-,28-/m0/s1. The molecule has 202 valence electrons. The Bertz CT molecular complexity index is 1650. The van der Waals surface area contributed by atoms with Gasteiger partial charge in [-0.15, -0.1) is 0 Å². The Balaban J connectivity index is 1.65. The molecule has 1 aliphatic heterocycles. The third kappa shape index (κ3) is 5.22. The number of rotatable bonds is 7. The zero-order valence-corrected chi connectivity index (χ0v) is 24.1. The van der Waals surface area contributed by atoms with Gasteiger partial charge >= 0.3 is 0 Å². The van der Waals surface area contributed by atoms with Gasteiger partial charge in [0.05, 0.1) is 36.8 Å². The number of pyridine rings is 1. The number of thiocarbonyl (C=S) groups is 1. The molecule has 2 N–H and O–H groups in total. The van der Waals surface area contributed by atoms with Crippen LogP contribution in [0, 0.1) is 20.8 Å². The summed E-state index contributed by atoms with van der Waals surface area (Å²) in [6.07, 6.45) is 2.93. The largest absolute Gasteiger partial charge is 0.497 e. The van der Waals surface area contributed by atoms with Crippen molar-refractivity contribution < 1.29 is 13.2 Å². The summed E-state index contributed by atoms with van der Waals surface area (Å²) < 4.78 is 34.0. The number of nitrogens with one attached hydrogen (secondary N) is 2. The van der Waals surface area contributed by atoms with Gasteiger partial charge in [-0.25, -0.2) is 8.42 Å². The highest BCUT2D eigenvalue weighted by Gasteiger charge is 2.42. The number of hydrogen-bond donors (Lipinski definition) is 2. The lowest BCUT2D eigenvalue weighted by molar-refractivity contribution is 0.414. The summed E-state index contributed by atoms with van der Waals surface area (Å²) in [4.78, 5) is 6.76. The second-order valence-electron chi connectivity index (χ2n) is 9.73. The van der Waals surface area contributed by atoms with E-state index >= 15 is 0 Å². The van der Waals surface area contributed by atoms with Crippen LogP contribution in [0.25, 0.3) is 5.69 Å². The number of aromatic nitrogens is 2. The molecule has 1 fully saturated rings. The molecule has 1 aliphatic rings. The molecule has 10 heteroatoms. The first kappa shape index (κ1) is 26.7. The molecule has 0 radical (unpaired) electrons. The summed E-state index contributed by atoms with van der Waals surface area (Å²) in [5.74, 6) is 0.788. The van der Waals surface area contributed by atoms with Crippen molar-refractivity contribution in [1.82, 2.24) is 14.9 Å². The van der Waals surface area contributed by atoms with Crippen molar-refractivity contribution in [2.24, 2.45) is 0 Å². The van der Waals surface area contributed by atoms with Gasteiger partial charge in [0.25, 0.3) is 0 Å². The average molecular weight is 562 g/mol. The predicted molar refractivity (Wildman–Crippen MR) is 159 cm³/mol. The van der Waals surface area contributed by atoms with E-state index in [2.05, 4.69) is 50.5 Å². The van der Waals surface area contributed by atoms with Crippen molar-refractivity contribution in [2.45, 2.75) is 32.9 Å². The van der Waals surface area contributed by atoms with Crippen molar-refractivity contribution in [2.75, 3.05) is 23.0 Å². The molecular formula is C29H31N5O3S2. The van der Waals surface area contributed by atoms with Crippen LogP contribution in [-0.2, 0) is 10.0 Å². The number of sulfonamides is 1. The second kappa shape index (κ2) is 10.3. The lowest BCUT2D eigenvalue weighted by Crippen LogP contribution is -2.29. The fourth-order valence-corrected chi connectivity index (χ4v) is 6.27. The van der Waals surface area contributed by atoms with E-state index in [-0.39, 0.29) is 12.1 Å². The van der Waals surface area contributed by atoms with Crippen molar-refractivity contribution in [3.8, 4) is 11.4 Å². The van der Waals surface area contributed by atoms with Crippen molar-refractivity contribution in [3.63, 3.8) is 0 Å². The zero-order valence-electron chi connectivity index (χ0n) is 22.5. The highest BCUT2D eigenvalue weighted by Crippen LogP contribution is 2.44. The maximum Gasteiger partial charge on any atom is 0.229 e. The van der Waals surface area contributed by atoms with Crippen LogP contribution < -0.4 is 19.7 Å². The lowest BCUT2D eigenvalue weighted by Gasteiger charge is -2.29. The first-order chi connectivity index (χ1) is 18.6. The minimum Gasteiger partial charge on any atom is -0.497 e. The summed E-state index contributed by atoms with van der Waals surface area (Å²) in [7, 11) is -1.74. The summed E-state index contributed by atoms with van der Waals surface area (Å²) in [5, 5.41) is 4.08. The molecule has 2 aromatic heterocycles. The Morgan fingerprint density at radius 1 is 1.00 bits per heavy atom. The van der Waals surface area contributed by atoms with Gasteiger partial charge in [0.2, 0.25) is 10.0 Å². The molecule has 2 aromatic carbocycles. The second-order valence-corrected chi connectivity index (χ2v) is 11.9. The van der Waals surface area contributed by atoms with Gasteiger partial charge in [-0.05, 0) is 92.6 Å². The SMILES string of the molecule is COc1cccc(-n2c(C)cc([C@H]3[C@H](c4ccccn4)NC(=S)N3c3ccc(NS(C)(=O)=O)c(C)c3)c2C)c1. The highest BCUT2D eigenvalue weighted by atomic mass is 32.2. The van der Waals surface area contributed by atoms with Gasteiger partial charge in [0, 0.05) is 35.0 Å². The molecule has 0 aliphatic carbocycles. The third-order valence-corrected chi connectivity index (χ3v) is 7.89. The summed E-state index contributed by atoms with van der Waals surface area (Å²) in [5.41, 5.74) is 7.35. The van der Waals surface area contributed by atoms with E-state index in [1.165, 1.54) is 0 Å². The van der Waals surface area contributed by atoms with Crippen molar-refractivity contribution in [3.05, 3.63) is 101 Å². The van der Waals surface area contributed by atoms with Crippen LogP contribution in [0.5, 0.6) is 5.75 Å². The predicted octanol–water partition coefficient (Wildman–Crippen LogP) is 5.35. The Kier molecular flexibility index (Phi) is 7.09. The fraction of sp³-hybridized carbons (Fsp3) is 0.241. The van der Waals surface area contributed by atoms with Crippen LogP contribution in [0.1, 0.15) is 40.3 Å². The summed E-state index contributed by atoms with van der Waals surface area (Å²) >= 11 is 5.90. The summed E-state index contributed by atoms with van der Waals surface area (Å²) in [6.45, 7) is 6.08. The van der Waals surface area contributed by atoms with Gasteiger partial charge in [0.15, 0.2) is 5.11 Å². The molecule has 0 spiro atoms. The first-order valence-electron chi connectivity index (χ1n) is 12.5. The van der Waals surface area contributed by atoms with Gasteiger partial charge in [-0.3, -0.25) is 9.71 Å². The van der Waals surface area contributed by atoms with Crippen molar-refractivity contribution in [1.29, 1.82) is 0 Å². The highest BCUT2D eigenvalue weighted by molar-refractivity contribution is 7.92. The normalized spacial score (nSPS) is 17.3. The summed E-state index contributed by atoms with van der Waals surface area (Å²) in [6, 6.07) is 21.3. The maximum atomic E-state index is 11.8. The number of nitrogens with zero attached hydrogens (tertiary/aromatic N) is 3. The molecule has 39 heavy (non-hydrogen) atoms. The minimum atomic E-state index is -3.40. The number of aryl methyl sites for hydroxylation is 2. The van der Waals surface area contributed by atoms with Gasteiger partial charge in [-0.2, -0.15) is 0 Å². The molecule has 0 amide bonds. The minimum absolute atomic E-state index is 0.202. The molecule has 4 aromatic rings. The Labute approximate surface area is 234 Å². The van der Waals surface area contributed by atoms with Crippen LogP contribution in [0.3, 0.4) is 0 Å². The molecule has 5 rings (SSSR count). The number of methoxy groups -OCH3 is 1. The third-order valence-electron chi connectivity index (χ3n) is 6.98. The smallest absolute Gasteiger partial charge is 0.229 e. The van der Waals surface area contributed by atoms with Crippen LogP contribution in [0.15, 0.2) is 72.9 Å². The zero-order chi connectivity index (χ0) is 27.9.